The lowest BCUT2D eigenvalue weighted by molar-refractivity contribution is -0.130. The Morgan fingerprint density at radius 3 is 2.76 bits per heavy atom. The lowest BCUT2D eigenvalue weighted by Gasteiger charge is -2.22. The molecule has 0 radical (unpaired) electrons. The van der Waals surface area contributed by atoms with Crippen molar-refractivity contribution < 1.29 is 27.2 Å². The first kappa shape index (κ1) is 19.0. The average molecular weight is 403 g/mol. The lowest BCUT2D eigenvalue weighted by Crippen LogP contribution is -2.27. The second kappa shape index (κ2) is 7.57. The van der Waals surface area contributed by atoms with Crippen molar-refractivity contribution in [2.45, 2.75) is 25.4 Å². The number of hydrogen-bond acceptors (Lipinski definition) is 5. The van der Waals surface area contributed by atoms with Crippen molar-refractivity contribution in [1.82, 2.24) is 15.0 Å². The number of nitrogens with zero attached hydrogens (tertiary/aromatic N) is 3. The topological polar surface area (TPSA) is 68.5 Å². The van der Waals surface area contributed by atoms with Crippen molar-refractivity contribution in [1.29, 1.82) is 0 Å². The molecular weight excluding hydrogens is 387 g/mol. The molecule has 0 aliphatic carbocycles. The zero-order chi connectivity index (χ0) is 20.5. The molecule has 0 N–H and O–H groups in total. The normalized spacial score (nSPS) is 16.5. The van der Waals surface area contributed by atoms with Gasteiger partial charge in [0.25, 0.3) is 0 Å². The summed E-state index contributed by atoms with van der Waals surface area (Å²) in [7, 11) is 1.36. The van der Waals surface area contributed by atoms with Crippen molar-refractivity contribution in [2.75, 3.05) is 7.11 Å². The molecule has 29 heavy (non-hydrogen) atoms. The molecule has 1 aliphatic heterocycles. The Labute approximate surface area is 163 Å². The fourth-order valence-corrected chi connectivity index (χ4v) is 3.33. The van der Waals surface area contributed by atoms with Gasteiger partial charge in [0.2, 0.25) is 17.6 Å². The smallest absolute Gasteiger partial charge is 0.249 e. The van der Waals surface area contributed by atoms with Crippen LogP contribution in [0.3, 0.4) is 0 Å². The number of hydrogen-bond donors (Lipinski definition) is 0. The summed E-state index contributed by atoms with van der Waals surface area (Å²) in [6.45, 7) is -0.123. The number of likely N-dealkylation sites (tertiary alicyclic amines) is 1. The SMILES string of the molecule is COc1ccc(-c2noc(C3CCC(=O)N3Cc3cc(F)ccc3F)n2)cc1F. The van der Waals surface area contributed by atoms with Crippen LogP contribution in [0.4, 0.5) is 13.2 Å². The molecule has 0 bridgehead atoms. The number of rotatable bonds is 5. The van der Waals surface area contributed by atoms with Crippen LogP contribution in [0.15, 0.2) is 40.9 Å². The Morgan fingerprint density at radius 2 is 2.00 bits per heavy atom. The van der Waals surface area contributed by atoms with Gasteiger partial charge in [-0.05, 0) is 42.8 Å². The Balaban J connectivity index is 1.60. The predicted octanol–water partition coefficient (Wildman–Crippen LogP) is 4.03. The summed E-state index contributed by atoms with van der Waals surface area (Å²) in [4.78, 5) is 18.0. The molecule has 0 spiro atoms. The molecule has 2 aromatic carbocycles. The van der Waals surface area contributed by atoms with Crippen LogP contribution in [-0.4, -0.2) is 28.1 Å². The summed E-state index contributed by atoms with van der Waals surface area (Å²) in [6, 6.07) is 6.75. The van der Waals surface area contributed by atoms with Gasteiger partial charge in [0.05, 0.1) is 7.11 Å². The molecule has 1 aliphatic rings. The van der Waals surface area contributed by atoms with Crippen molar-refractivity contribution in [2.24, 2.45) is 0 Å². The molecule has 9 heteroatoms. The van der Waals surface area contributed by atoms with Gasteiger partial charge < -0.3 is 14.2 Å². The van der Waals surface area contributed by atoms with E-state index in [1.807, 2.05) is 0 Å². The van der Waals surface area contributed by atoms with E-state index in [0.29, 0.717) is 12.0 Å². The maximum Gasteiger partial charge on any atom is 0.249 e. The van der Waals surface area contributed by atoms with Gasteiger partial charge in [0, 0.05) is 24.1 Å². The van der Waals surface area contributed by atoms with E-state index in [0.717, 1.165) is 18.2 Å². The van der Waals surface area contributed by atoms with Crippen LogP contribution < -0.4 is 4.74 Å². The van der Waals surface area contributed by atoms with Crippen LogP contribution >= 0.6 is 0 Å². The van der Waals surface area contributed by atoms with Crippen LogP contribution in [0.25, 0.3) is 11.4 Å². The van der Waals surface area contributed by atoms with Gasteiger partial charge in [0.15, 0.2) is 11.6 Å². The summed E-state index contributed by atoms with van der Waals surface area (Å²) in [6.07, 6.45) is 0.616. The summed E-state index contributed by atoms with van der Waals surface area (Å²) >= 11 is 0. The third-order valence-electron chi connectivity index (χ3n) is 4.81. The molecule has 3 aromatic rings. The molecule has 6 nitrogen and oxygen atoms in total. The molecule has 1 fully saturated rings. The first-order valence-corrected chi connectivity index (χ1v) is 8.87. The number of ether oxygens (including phenoxy) is 1. The number of halogens is 3. The molecular formula is C20H16F3N3O3. The Bertz CT molecular complexity index is 1070. The molecule has 1 unspecified atom stereocenters. The molecule has 1 amide bonds. The molecule has 4 rings (SSSR count). The minimum Gasteiger partial charge on any atom is -0.494 e. The second-order valence-corrected chi connectivity index (χ2v) is 6.62. The summed E-state index contributed by atoms with van der Waals surface area (Å²) in [5.74, 6) is -1.61. The van der Waals surface area contributed by atoms with Gasteiger partial charge in [0.1, 0.15) is 17.7 Å². The predicted molar refractivity (Wildman–Crippen MR) is 95.1 cm³/mol. The average Bonchev–Trinajstić information content (AvgIpc) is 3.32. The van der Waals surface area contributed by atoms with Crippen molar-refractivity contribution in [3.8, 4) is 17.1 Å². The van der Waals surface area contributed by atoms with Gasteiger partial charge >= 0.3 is 0 Å². The first-order valence-electron chi connectivity index (χ1n) is 8.87. The van der Waals surface area contributed by atoms with E-state index in [4.69, 9.17) is 9.26 Å². The van der Waals surface area contributed by atoms with Crippen LogP contribution in [0.1, 0.15) is 30.3 Å². The van der Waals surface area contributed by atoms with E-state index in [9.17, 15) is 18.0 Å². The number of aromatic nitrogens is 2. The minimum atomic E-state index is -0.607. The highest BCUT2D eigenvalue weighted by Gasteiger charge is 2.36. The quantitative estimate of drug-likeness (QED) is 0.644. The minimum absolute atomic E-state index is 0.0576. The highest BCUT2D eigenvalue weighted by atomic mass is 19.1. The van der Waals surface area contributed by atoms with Gasteiger partial charge in [-0.2, -0.15) is 4.98 Å². The summed E-state index contributed by atoms with van der Waals surface area (Å²) in [5, 5.41) is 3.86. The second-order valence-electron chi connectivity index (χ2n) is 6.62. The van der Waals surface area contributed by atoms with Gasteiger partial charge in [-0.25, -0.2) is 13.2 Å². The monoisotopic (exact) mass is 403 g/mol. The lowest BCUT2D eigenvalue weighted by atomic mass is 10.1. The number of benzene rings is 2. The Morgan fingerprint density at radius 1 is 1.17 bits per heavy atom. The summed E-state index contributed by atoms with van der Waals surface area (Å²) in [5.41, 5.74) is 0.438. The molecule has 1 saturated heterocycles. The molecule has 150 valence electrons. The summed E-state index contributed by atoms with van der Waals surface area (Å²) < 4.78 is 51.6. The Kier molecular flexibility index (Phi) is 4.96. The van der Waals surface area contributed by atoms with E-state index in [-0.39, 0.29) is 41.9 Å². The van der Waals surface area contributed by atoms with Crippen LogP contribution in [-0.2, 0) is 11.3 Å². The van der Waals surface area contributed by atoms with Gasteiger partial charge in [-0.1, -0.05) is 5.16 Å². The van der Waals surface area contributed by atoms with Crippen LogP contribution in [0, 0.1) is 17.5 Å². The third-order valence-corrected chi connectivity index (χ3v) is 4.81. The maximum absolute atomic E-state index is 14.0. The van der Waals surface area contributed by atoms with Gasteiger partial charge in [-0.3, -0.25) is 4.79 Å². The molecule has 1 aromatic heterocycles. The van der Waals surface area contributed by atoms with E-state index in [1.54, 1.807) is 6.07 Å². The van der Waals surface area contributed by atoms with Crippen LogP contribution in [0.5, 0.6) is 5.75 Å². The van der Waals surface area contributed by atoms with Crippen molar-refractivity contribution >= 4 is 5.91 Å². The number of amides is 1. The molecule has 1 atom stereocenters. The van der Waals surface area contributed by atoms with E-state index in [2.05, 4.69) is 10.1 Å². The van der Waals surface area contributed by atoms with Crippen LogP contribution in [0.2, 0.25) is 0 Å². The van der Waals surface area contributed by atoms with Gasteiger partial charge in [-0.15, -0.1) is 0 Å². The number of methoxy groups -OCH3 is 1. The standard InChI is InChI=1S/C20H16F3N3O3/c1-28-17-6-2-11(9-15(17)23)19-24-20(29-25-19)16-5-7-18(27)26(16)10-12-8-13(21)3-4-14(12)22/h2-4,6,8-9,16H,5,7,10H2,1H3. The number of carbonyl (C=O) groups excluding carboxylic acids is 1. The van der Waals surface area contributed by atoms with Crippen molar-refractivity contribution in [3.63, 3.8) is 0 Å². The fourth-order valence-electron chi connectivity index (χ4n) is 3.33. The third kappa shape index (κ3) is 3.67. The number of carbonyl (C=O) groups is 1. The highest BCUT2D eigenvalue weighted by Crippen LogP contribution is 2.35. The highest BCUT2D eigenvalue weighted by molar-refractivity contribution is 5.78. The maximum atomic E-state index is 14.0. The zero-order valence-corrected chi connectivity index (χ0v) is 15.4. The molecule has 2 heterocycles. The van der Waals surface area contributed by atoms with E-state index in [1.165, 1.54) is 24.1 Å². The zero-order valence-electron chi connectivity index (χ0n) is 15.4. The van der Waals surface area contributed by atoms with Crippen molar-refractivity contribution in [3.05, 3.63) is 65.3 Å². The Hall–Kier alpha value is -3.36. The molecule has 0 saturated carbocycles. The first-order chi connectivity index (χ1) is 14.0. The largest absolute Gasteiger partial charge is 0.494 e. The van der Waals surface area contributed by atoms with E-state index >= 15 is 0 Å². The fraction of sp³-hybridized carbons (Fsp3) is 0.250. The van der Waals surface area contributed by atoms with E-state index < -0.39 is 23.5 Å².